The smallest absolute Gasteiger partial charge is 0.335 e. The molecule has 0 saturated carbocycles. The van der Waals surface area contributed by atoms with Crippen molar-refractivity contribution < 1.29 is 9.90 Å². The molecule has 0 aliphatic carbocycles. The Balaban J connectivity index is 2.74. The number of aromatic carboxylic acids is 1. The average Bonchev–Trinajstić information content (AvgIpc) is 2.20. The standard InChI is InChI=1S/C11H15NO2S/c1-3-6-12-15-9-5-4-8(2)10(7-9)11(13)14/h4-5,7,12H,3,6H2,1-2H3,(H,13,14). The van der Waals surface area contributed by atoms with E-state index in [9.17, 15) is 4.79 Å². The minimum absolute atomic E-state index is 0.373. The van der Waals surface area contributed by atoms with E-state index in [0.717, 1.165) is 23.4 Å². The molecule has 0 aromatic heterocycles. The molecule has 4 heteroatoms. The first kappa shape index (κ1) is 12.1. The molecule has 1 aromatic rings. The molecule has 0 radical (unpaired) electrons. The van der Waals surface area contributed by atoms with Crippen molar-refractivity contribution in [2.45, 2.75) is 25.2 Å². The van der Waals surface area contributed by atoms with E-state index in [0.29, 0.717) is 5.56 Å². The van der Waals surface area contributed by atoms with Crippen molar-refractivity contribution >= 4 is 17.9 Å². The number of carboxylic acid groups (broad SMARTS) is 1. The first-order valence-electron chi connectivity index (χ1n) is 4.88. The van der Waals surface area contributed by atoms with Crippen LogP contribution in [0.4, 0.5) is 0 Å². The van der Waals surface area contributed by atoms with Gasteiger partial charge in [0.2, 0.25) is 0 Å². The second-order valence-corrected chi connectivity index (χ2v) is 4.24. The van der Waals surface area contributed by atoms with Crippen LogP contribution < -0.4 is 4.72 Å². The molecule has 82 valence electrons. The lowest BCUT2D eigenvalue weighted by Crippen LogP contribution is -2.04. The van der Waals surface area contributed by atoms with Gasteiger partial charge in [0.25, 0.3) is 0 Å². The molecule has 1 rings (SSSR count). The van der Waals surface area contributed by atoms with Crippen molar-refractivity contribution in [1.82, 2.24) is 4.72 Å². The van der Waals surface area contributed by atoms with Gasteiger partial charge >= 0.3 is 5.97 Å². The number of hydrogen-bond acceptors (Lipinski definition) is 3. The van der Waals surface area contributed by atoms with E-state index >= 15 is 0 Å². The summed E-state index contributed by atoms with van der Waals surface area (Å²) < 4.78 is 3.16. The van der Waals surface area contributed by atoms with Crippen LogP contribution >= 0.6 is 11.9 Å². The van der Waals surface area contributed by atoms with Gasteiger partial charge in [-0.3, -0.25) is 4.72 Å². The Kier molecular flexibility index (Phi) is 4.65. The first-order valence-corrected chi connectivity index (χ1v) is 5.70. The molecular weight excluding hydrogens is 210 g/mol. The van der Waals surface area contributed by atoms with Gasteiger partial charge in [0.15, 0.2) is 0 Å². The number of benzene rings is 1. The highest BCUT2D eigenvalue weighted by Gasteiger charge is 2.07. The van der Waals surface area contributed by atoms with Crippen molar-refractivity contribution in [2.75, 3.05) is 6.54 Å². The molecule has 0 spiro atoms. The lowest BCUT2D eigenvalue weighted by Gasteiger charge is -2.05. The van der Waals surface area contributed by atoms with E-state index < -0.39 is 5.97 Å². The molecule has 3 nitrogen and oxygen atoms in total. The van der Waals surface area contributed by atoms with E-state index in [1.165, 1.54) is 11.9 Å². The van der Waals surface area contributed by atoms with Crippen molar-refractivity contribution in [3.8, 4) is 0 Å². The number of hydrogen-bond donors (Lipinski definition) is 2. The molecule has 0 aliphatic rings. The second-order valence-electron chi connectivity index (χ2n) is 3.28. The summed E-state index contributed by atoms with van der Waals surface area (Å²) in [5.74, 6) is -0.870. The van der Waals surface area contributed by atoms with Gasteiger partial charge in [-0.25, -0.2) is 4.79 Å². The van der Waals surface area contributed by atoms with Crippen LogP contribution in [-0.4, -0.2) is 17.6 Å². The fourth-order valence-electron chi connectivity index (χ4n) is 1.13. The molecule has 0 saturated heterocycles. The summed E-state index contributed by atoms with van der Waals surface area (Å²) in [6.07, 6.45) is 1.06. The van der Waals surface area contributed by atoms with Crippen LogP contribution in [-0.2, 0) is 0 Å². The van der Waals surface area contributed by atoms with Gasteiger partial charge < -0.3 is 5.11 Å². The Morgan fingerprint density at radius 2 is 2.27 bits per heavy atom. The lowest BCUT2D eigenvalue weighted by atomic mass is 10.1. The van der Waals surface area contributed by atoms with E-state index in [1.54, 1.807) is 13.0 Å². The van der Waals surface area contributed by atoms with E-state index in [2.05, 4.69) is 11.6 Å². The van der Waals surface area contributed by atoms with Crippen LogP contribution in [0.15, 0.2) is 23.1 Å². The van der Waals surface area contributed by atoms with E-state index in [-0.39, 0.29) is 0 Å². The van der Waals surface area contributed by atoms with Gasteiger partial charge in [0.1, 0.15) is 0 Å². The summed E-state index contributed by atoms with van der Waals surface area (Å²) in [6, 6.07) is 5.46. The summed E-state index contributed by atoms with van der Waals surface area (Å²) in [7, 11) is 0. The first-order chi connectivity index (χ1) is 7.15. The zero-order chi connectivity index (χ0) is 11.3. The van der Waals surface area contributed by atoms with Gasteiger partial charge in [-0.05, 0) is 43.0 Å². The van der Waals surface area contributed by atoms with Crippen molar-refractivity contribution in [3.05, 3.63) is 29.3 Å². The Hall–Kier alpha value is -1.00. The van der Waals surface area contributed by atoms with Crippen molar-refractivity contribution in [3.63, 3.8) is 0 Å². The number of rotatable bonds is 5. The quantitative estimate of drug-likeness (QED) is 0.597. The third-order valence-corrected chi connectivity index (χ3v) is 2.82. The molecule has 2 N–H and O–H groups in total. The Labute approximate surface area is 94.0 Å². The monoisotopic (exact) mass is 225 g/mol. The summed E-state index contributed by atoms with van der Waals surface area (Å²) in [4.78, 5) is 11.8. The van der Waals surface area contributed by atoms with Crippen LogP contribution in [0.5, 0.6) is 0 Å². The Morgan fingerprint density at radius 3 is 2.87 bits per heavy atom. The maximum atomic E-state index is 10.9. The molecule has 0 amide bonds. The molecule has 0 unspecified atom stereocenters. The number of carboxylic acids is 1. The average molecular weight is 225 g/mol. The summed E-state index contributed by atoms with van der Waals surface area (Å²) in [6.45, 7) is 4.81. The molecule has 15 heavy (non-hydrogen) atoms. The molecule has 0 fully saturated rings. The largest absolute Gasteiger partial charge is 0.478 e. The number of aryl methyl sites for hydroxylation is 1. The zero-order valence-corrected chi connectivity index (χ0v) is 9.73. The Morgan fingerprint density at radius 1 is 1.53 bits per heavy atom. The van der Waals surface area contributed by atoms with Crippen LogP contribution in [0.3, 0.4) is 0 Å². The number of nitrogens with one attached hydrogen (secondary N) is 1. The van der Waals surface area contributed by atoms with Crippen LogP contribution in [0, 0.1) is 6.92 Å². The fraction of sp³-hybridized carbons (Fsp3) is 0.364. The molecule has 0 atom stereocenters. The highest BCUT2D eigenvalue weighted by molar-refractivity contribution is 7.97. The summed E-state index contributed by atoms with van der Waals surface area (Å²) in [5, 5.41) is 8.93. The van der Waals surface area contributed by atoms with E-state index in [4.69, 9.17) is 5.11 Å². The normalized spacial score (nSPS) is 10.3. The van der Waals surface area contributed by atoms with Crippen molar-refractivity contribution in [2.24, 2.45) is 0 Å². The minimum Gasteiger partial charge on any atom is -0.478 e. The summed E-state index contributed by atoms with van der Waals surface area (Å²) >= 11 is 1.47. The van der Waals surface area contributed by atoms with Crippen molar-refractivity contribution in [1.29, 1.82) is 0 Å². The molecule has 0 bridgehead atoms. The zero-order valence-electron chi connectivity index (χ0n) is 8.91. The predicted octanol–water partition coefficient (Wildman–Crippen LogP) is 2.70. The topological polar surface area (TPSA) is 49.3 Å². The third kappa shape index (κ3) is 3.57. The van der Waals surface area contributed by atoms with Gasteiger partial charge in [-0.2, -0.15) is 0 Å². The SMILES string of the molecule is CCCNSc1ccc(C)c(C(=O)O)c1. The third-order valence-electron chi connectivity index (χ3n) is 1.98. The van der Waals surface area contributed by atoms with E-state index in [1.807, 2.05) is 12.1 Å². The van der Waals surface area contributed by atoms with Gasteiger partial charge in [0.05, 0.1) is 5.56 Å². The highest BCUT2D eigenvalue weighted by Crippen LogP contribution is 2.19. The highest BCUT2D eigenvalue weighted by atomic mass is 32.2. The molecule has 0 aliphatic heterocycles. The van der Waals surface area contributed by atoms with Crippen LogP contribution in [0.2, 0.25) is 0 Å². The van der Waals surface area contributed by atoms with Gasteiger partial charge in [-0.1, -0.05) is 13.0 Å². The van der Waals surface area contributed by atoms with Crippen LogP contribution in [0.1, 0.15) is 29.3 Å². The molecular formula is C11H15NO2S. The van der Waals surface area contributed by atoms with Crippen LogP contribution in [0.25, 0.3) is 0 Å². The number of carbonyl (C=O) groups is 1. The molecule has 1 aromatic carbocycles. The lowest BCUT2D eigenvalue weighted by molar-refractivity contribution is 0.0696. The second kappa shape index (κ2) is 5.78. The fourth-order valence-corrected chi connectivity index (χ4v) is 1.92. The summed E-state index contributed by atoms with van der Waals surface area (Å²) in [5.41, 5.74) is 1.17. The Bertz CT molecular complexity index is 352. The van der Waals surface area contributed by atoms with Gasteiger partial charge in [-0.15, -0.1) is 0 Å². The maximum absolute atomic E-state index is 10.9. The minimum atomic E-state index is -0.870. The van der Waals surface area contributed by atoms with Gasteiger partial charge in [0, 0.05) is 11.4 Å². The predicted molar refractivity (Wildman–Crippen MR) is 62.3 cm³/mol. The molecule has 0 heterocycles. The maximum Gasteiger partial charge on any atom is 0.335 e.